The minimum absolute atomic E-state index is 0.165. The largest absolute Gasteiger partial charge is 0.493 e. The third-order valence-corrected chi connectivity index (χ3v) is 4.91. The van der Waals surface area contributed by atoms with Crippen LogP contribution in [0.25, 0.3) is 0 Å². The summed E-state index contributed by atoms with van der Waals surface area (Å²) in [5, 5.41) is 9.65. The number of aliphatic hydroxyl groups is 1. The van der Waals surface area contributed by atoms with Gasteiger partial charge in [0.25, 0.3) is 0 Å². The highest BCUT2D eigenvalue weighted by atomic mass is 16.5. The van der Waals surface area contributed by atoms with Crippen LogP contribution in [0.2, 0.25) is 0 Å². The number of anilines is 1. The monoisotopic (exact) mass is 325 g/mol. The summed E-state index contributed by atoms with van der Waals surface area (Å²) in [6, 6.07) is 10.2. The quantitative estimate of drug-likeness (QED) is 0.938. The smallest absolute Gasteiger partial charge is 0.132 e. The zero-order valence-electron chi connectivity index (χ0n) is 13.8. The Labute approximate surface area is 142 Å². The summed E-state index contributed by atoms with van der Waals surface area (Å²) in [7, 11) is 0. The highest BCUT2D eigenvalue weighted by Crippen LogP contribution is 2.28. The zero-order valence-corrected chi connectivity index (χ0v) is 13.8. The normalized spacial score (nSPS) is 21.2. The van der Waals surface area contributed by atoms with Gasteiger partial charge in [0.05, 0.1) is 12.7 Å². The summed E-state index contributed by atoms with van der Waals surface area (Å²) in [4.78, 5) is 11.4. The van der Waals surface area contributed by atoms with E-state index in [4.69, 9.17) is 9.72 Å². The number of rotatable bonds is 3. The molecule has 1 fully saturated rings. The molecule has 1 aromatic heterocycles. The number of hydrogen-bond donors (Lipinski definition) is 1. The molecule has 0 bridgehead atoms. The van der Waals surface area contributed by atoms with Gasteiger partial charge in [0, 0.05) is 31.6 Å². The van der Waals surface area contributed by atoms with Crippen molar-refractivity contribution in [1.82, 2.24) is 9.97 Å². The van der Waals surface area contributed by atoms with Gasteiger partial charge in [-0.25, -0.2) is 9.97 Å². The van der Waals surface area contributed by atoms with Gasteiger partial charge in [0.15, 0.2) is 0 Å². The SMILES string of the molecule is OC1CCN(c2ccnc(C[C@@H]3COc4ccccc4C3)n2)CC1. The van der Waals surface area contributed by atoms with Crippen LogP contribution in [0.4, 0.5) is 5.82 Å². The summed E-state index contributed by atoms with van der Waals surface area (Å²) in [5.74, 6) is 3.28. The molecule has 2 aliphatic rings. The van der Waals surface area contributed by atoms with E-state index < -0.39 is 0 Å². The van der Waals surface area contributed by atoms with Gasteiger partial charge in [0.1, 0.15) is 17.4 Å². The van der Waals surface area contributed by atoms with Crippen LogP contribution in [-0.4, -0.2) is 40.9 Å². The van der Waals surface area contributed by atoms with E-state index in [1.807, 2.05) is 24.4 Å². The van der Waals surface area contributed by atoms with E-state index in [1.54, 1.807) is 0 Å². The van der Waals surface area contributed by atoms with Crippen molar-refractivity contribution in [3.8, 4) is 5.75 Å². The van der Waals surface area contributed by atoms with Crippen molar-refractivity contribution in [3.63, 3.8) is 0 Å². The minimum atomic E-state index is -0.165. The first-order valence-corrected chi connectivity index (χ1v) is 8.73. The van der Waals surface area contributed by atoms with Gasteiger partial charge in [-0.3, -0.25) is 0 Å². The van der Waals surface area contributed by atoms with Crippen LogP contribution in [0.1, 0.15) is 24.2 Å². The van der Waals surface area contributed by atoms with Crippen molar-refractivity contribution in [2.24, 2.45) is 5.92 Å². The molecule has 2 aromatic rings. The second-order valence-electron chi connectivity index (χ2n) is 6.74. The van der Waals surface area contributed by atoms with Crippen molar-refractivity contribution in [2.75, 3.05) is 24.6 Å². The number of benzene rings is 1. The fourth-order valence-electron chi connectivity index (χ4n) is 3.54. The lowest BCUT2D eigenvalue weighted by molar-refractivity contribution is 0.145. The predicted octanol–water partition coefficient (Wildman–Crippen LogP) is 2.23. The number of nitrogens with zero attached hydrogens (tertiary/aromatic N) is 3. The zero-order chi connectivity index (χ0) is 16.4. The van der Waals surface area contributed by atoms with Crippen LogP contribution in [0.3, 0.4) is 0 Å². The molecule has 0 radical (unpaired) electrons. The maximum atomic E-state index is 9.65. The standard InChI is InChI=1S/C19H23N3O2/c23-16-6-9-22(10-7-16)19-5-8-20-18(21-19)12-14-11-15-3-1-2-4-17(15)24-13-14/h1-5,8,14,16,23H,6-7,9-13H2/t14-/m1/s1. The van der Waals surface area contributed by atoms with Gasteiger partial charge >= 0.3 is 0 Å². The Hall–Kier alpha value is -2.14. The van der Waals surface area contributed by atoms with Crippen LogP contribution in [0.15, 0.2) is 36.5 Å². The van der Waals surface area contributed by atoms with Crippen LogP contribution < -0.4 is 9.64 Å². The van der Waals surface area contributed by atoms with Crippen LogP contribution >= 0.6 is 0 Å². The molecule has 24 heavy (non-hydrogen) atoms. The van der Waals surface area contributed by atoms with E-state index >= 15 is 0 Å². The molecule has 5 nitrogen and oxygen atoms in total. The van der Waals surface area contributed by atoms with Crippen LogP contribution in [-0.2, 0) is 12.8 Å². The third kappa shape index (κ3) is 3.36. The Bertz CT molecular complexity index is 699. The van der Waals surface area contributed by atoms with E-state index in [2.05, 4.69) is 22.0 Å². The van der Waals surface area contributed by atoms with Crippen LogP contribution in [0.5, 0.6) is 5.75 Å². The Balaban J connectivity index is 1.43. The summed E-state index contributed by atoms with van der Waals surface area (Å²) in [5.41, 5.74) is 1.27. The molecule has 5 heteroatoms. The van der Waals surface area contributed by atoms with E-state index in [0.29, 0.717) is 5.92 Å². The number of hydrogen-bond acceptors (Lipinski definition) is 5. The summed E-state index contributed by atoms with van der Waals surface area (Å²) in [6.45, 7) is 2.44. The molecular weight excluding hydrogens is 302 g/mol. The highest BCUT2D eigenvalue weighted by molar-refractivity contribution is 5.38. The molecule has 126 valence electrons. The van der Waals surface area contributed by atoms with Gasteiger partial charge < -0.3 is 14.7 Å². The molecular formula is C19H23N3O2. The lowest BCUT2D eigenvalue weighted by Crippen LogP contribution is -2.36. The number of piperidine rings is 1. The number of aromatic nitrogens is 2. The van der Waals surface area contributed by atoms with Gasteiger partial charge in [-0.15, -0.1) is 0 Å². The number of aliphatic hydroxyl groups excluding tert-OH is 1. The molecule has 4 rings (SSSR count). The highest BCUT2D eigenvalue weighted by Gasteiger charge is 2.22. The molecule has 1 aromatic carbocycles. The molecule has 2 aliphatic heterocycles. The molecule has 0 amide bonds. The average molecular weight is 325 g/mol. The van der Waals surface area contributed by atoms with Crippen molar-refractivity contribution < 1.29 is 9.84 Å². The molecule has 0 aliphatic carbocycles. The number of ether oxygens (including phenoxy) is 1. The lowest BCUT2D eigenvalue weighted by atomic mass is 9.94. The van der Waals surface area contributed by atoms with Gasteiger partial charge in [-0.1, -0.05) is 18.2 Å². The average Bonchev–Trinajstić information content (AvgIpc) is 2.62. The Morgan fingerprint density at radius 1 is 1.17 bits per heavy atom. The second-order valence-corrected chi connectivity index (χ2v) is 6.74. The van der Waals surface area contributed by atoms with Gasteiger partial charge in [-0.2, -0.15) is 0 Å². The third-order valence-electron chi connectivity index (χ3n) is 4.91. The van der Waals surface area contributed by atoms with Gasteiger partial charge in [0.2, 0.25) is 0 Å². The Morgan fingerprint density at radius 3 is 2.88 bits per heavy atom. The van der Waals surface area contributed by atoms with E-state index in [0.717, 1.165) is 62.8 Å². The van der Waals surface area contributed by atoms with Crippen molar-refractivity contribution >= 4 is 5.82 Å². The number of fused-ring (bicyclic) bond motifs is 1. The van der Waals surface area contributed by atoms with Crippen molar-refractivity contribution in [3.05, 3.63) is 47.9 Å². The summed E-state index contributed by atoms with van der Waals surface area (Å²) < 4.78 is 5.87. The minimum Gasteiger partial charge on any atom is -0.493 e. The van der Waals surface area contributed by atoms with E-state index in [1.165, 1.54) is 5.56 Å². The molecule has 0 unspecified atom stereocenters. The summed E-state index contributed by atoms with van der Waals surface area (Å²) in [6.07, 6.45) is 5.15. The summed E-state index contributed by atoms with van der Waals surface area (Å²) >= 11 is 0. The first-order chi connectivity index (χ1) is 11.8. The fraction of sp³-hybridized carbons (Fsp3) is 0.474. The van der Waals surface area contributed by atoms with E-state index in [9.17, 15) is 5.11 Å². The Morgan fingerprint density at radius 2 is 2.00 bits per heavy atom. The molecule has 0 spiro atoms. The lowest BCUT2D eigenvalue weighted by Gasteiger charge is -2.30. The fourth-order valence-corrected chi connectivity index (χ4v) is 3.54. The van der Waals surface area contributed by atoms with E-state index in [-0.39, 0.29) is 6.10 Å². The van der Waals surface area contributed by atoms with Crippen molar-refractivity contribution in [2.45, 2.75) is 31.8 Å². The first kappa shape index (κ1) is 15.4. The van der Waals surface area contributed by atoms with Crippen LogP contribution in [0, 0.1) is 5.92 Å². The topological polar surface area (TPSA) is 58.5 Å². The molecule has 3 heterocycles. The molecule has 1 N–H and O–H groups in total. The molecule has 1 atom stereocenters. The van der Waals surface area contributed by atoms with Crippen molar-refractivity contribution in [1.29, 1.82) is 0 Å². The second kappa shape index (κ2) is 6.77. The Kier molecular flexibility index (Phi) is 4.34. The van der Waals surface area contributed by atoms with Gasteiger partial charge in [-0.05, 0) is 37.0 Å². The molecule has 1 saturated heterocycles. The predicted molar refractivity (Wildman–Crippen MR) is 92.3 cm³/mol. The first-order valence-electron chi connectivity index (χ1n) is 8.73. The maximum absolute atomic E-state index is 9.65. The maximum Gasteiger partial charge on any atom is 0.132 e. The number of para-hydroxylation sites is 1. The molecule has 0 saturated carbocycles.